The van der Waals surface area contributed by atoms with Crippen LogP contribution in [-0.4, -0.2) is 30.6 Å². The molecule has 1 heterocycles. The SMILES string of the molecule is O=C(NC1CCN(c2ccc(C(F)(F)F)cc2)C1=O)NC1CC12CC2. The molecule has 2 aliphatic carbocycles. The molecule has 2 unspecified atom stereocenters. The molecule has 4 rings (SSSR count). The number of urea groups is 1. The van der Waals surface area contributed by atoms with Crippen molar-refractivity contribution in [1.82, 2.24) is 10.6 Å². The second kappa shape index (κ2) is 5.37. The van der Waals surface area contributed by atoms with Crippen molar-refractivity contribution in [2.24, 2.45) is 5.41 Å². The molecule has 3 aliphatic rings. The first-order chi connectivity index (χ1) is 11.8. The maximum Gasteiger partial charge on any atom is 0.416 e. The summed E-state index contributed by atoms with van der Waals surface area (Å²) in [6.07, 6.45) is -0.652. The van der Waals surface area contributed by atoms with Crippen molar-refractivity contribution in [1.29, 1.82) is 0 Å². The summed E-state index contributed by atoms with van der Waals surface area (Å²) in [6, 6.07) is 3.71. The van der Waals surface area contributed by atoms with Crippen molar-refractivity contribution in [3.05, 3.63) is 29.8 Å². The second-order valence-electron chi connectivity index (χ2n) is 7.11. The monoisotopic (exact) mass is 353 g/mol. The zero-order chi connectivity index (χ0) is 17.8. The minimum absolute atomic E-state index is 0.218. The maximum absolute atomic E-state index is 12.6. The number of alkyl halides is 3. The summed E-state index contributed by atoms with van der Waals surface area (Å²) in [5.74, 6) is -0.299. The lowest BCUT2D eigenvalue weighted by molar-refractivity contribution is -0.137. The van der Waals surface area contributed by atoms with E-state index < -0.39 is 17.8 Å². The third-order valence-corrected chi connectivity index (χ3v) is 5.40. The van der Waals surface area contributed by atoms with Gasteiger partial charge in [-0.2, -0.15) is 13.2 Å². The molecule has 1 spiro atoms. The molecule has 5 nitrogen and oxygen atoms in total. The van der Waals surface area contributed by atoms with Crippen molar-refractivity contribution in [3.8, 4) is 0 Å². The molecule has 1 saturated heterocycles. The highest BCUT2D eigenvalue weighted by atomic mass is 19.4. The normalized spacial score (nSPS) is 26.7. The van der Waals surface area contributed by atoms with E-state index in [1.54, 1.807) is 0 Å². The fourth-order valence-electron chi connectivity index (χ4n) is 3.52. The van der Waals surface area contributed by atoms with Gasteiger partial charge in [-0.25, -0.2) is 4.79 Å². The van der Waals surface area contributed by atoms with E-state index in [1.807, 2.05) is 0 Å². The van der Waals surface area contributed by atoms with Gasteiger partial charge in [-0.15, -0.1) is 0 Å². The first kappa shape index (κ1) is 16.2. The predicted octanol–water partition coefficient (Wildman–Crippen LogP) is 2.66. The molecular weight excluding hydrogens is 335 g/mol. The Kier molecular flexibility index (Phi) is 3.49. The van der Waals surface area contributed by atoms with E-state index in [4.69, 9.17) is 0 Å². The van der Waals surface area contributed by atoms with Gasteiger partial charge < -0.3 is 15.5 Å². The number of halogens is 3. The average molecular weight is 353 g/mol. The van der Waals surface area contributed by atoms with Crippen LogP contribution in [0.5, 0.6) is 0 Å². The van der Waals surface area contributed by atoms with Crippen molar-refractivity contribution in [2.45, 2.75) is 43.9 Å². The molecule has 2 saturated carbocycles. The quantitative estimate of drug-likeness (QED) is 0.878. The molecule has 3 fully saturated rings. The number of nitrogens with zero attached hydrogens (tertiary/aromatic N) is 1. The van der Waals surface area contributed by atoms with Crippen LogP contribution in [-0.2, 0) is 11.0 Å². The summed E-state index contributed by atoms with van der Waals surface area (Å²) in [4.78, 5) is 25.8. The molecule has 25 heavy (non-hydrogen) atoms. The largest absolute Gasteiger partial charge is 0.416 e. The number of nitrogens with one attached hydrogen (secondary N) is 2. The second-order valence-corrected chi connectivity index (χ2v) is 7.11. The van der Waals surface area contributed by atoms with E-state index in [0.29, 0.717) is 24.1 Å². The third kappa shape index (κ3) is 3.05. The highest BCUT2D eigenvalue weighted by molar-refractivity contribution is 6.01. The van der Waals surface area contributed by atoms with Gasteiger partial charge in [-0.05, 0) is 55.4 Å². The molecule has 2 atom stereocenters. The molecule has 0 aromatic heterocycles. The fraction of sp³-hybridized carbons (Fsp3) is 0.529. The fourth-order valence-corrected chi connectivity index (χ4v) is 3.52. The highest BCUT2D eigenvalue weighted by Gasteiger charge is 2.63. The number of anilines is 1. The van der Waals surface area contributed by atoms with E-state index in [9.17, 15) is 22.8 Å². The van der Waals surface area contributed by atoms with Gasteiger partial charge in [0.2, 0.25) is 5.91 Å². The molecule has 1 aliphatic heterocycles. The van der Waals surface area contributed by atoms with Gasteiger partial charge >= 0.3 is 12.2 Å². The van der Waals surface area contributed by atoms with Crippen LogP contribution in [0.15, 0.2) is 24.3 Å². The molecule has 1 aromatic carbocycles. The zero-order valence-corrected chi connectivity index (χ0v) is 13.4. The van der Waals surface area contributed by atoms with Gasteiger partial charge in [0, 0.05) is 18.3 Å². The molecule has 134 valence electrons. The summed E-state index contributed by atoms with van der Waals surface area (Å²) < 4.78 is 37.8. The first-order valence-corrected chi connectivity index (χ1v) is 8.34. The van der Waals surface area contributed by atoms with Crippen LogP contribution >= 0.6 is 0 Å². The number of benzene rings is 1. The van der Waals surface area contributed by atoms with Crippen LogP contribution in [0.4, 0.5) is 23.7 Å². The van der Waals surface area contributed by atoms with Crippen molar-refractivity contribution >= 4 is 17.6 Å². The maximum atomic E-state index is 12.6. The van der Waals surface area contributed by atoms with Crippen molar-refractivity contribution < 1.29 is 22.8 Å². The summed E-state index contributed by atoms with van der Waals surface area (Å²) in [6.45, 7) is 0.364. The number of amides is 3. The summed E-state index contributed by atoms with van der Waals surface area (Å²) in [7, 11) is 0. The third-order valence-electron chi connectivity index (χ3n) is 5.40. The Labute approximate surface area is 142 Å². The zero-order valence-electron chi connectivity index (χ0n) is 13.4. The molecule has 2 N–H and O–H groups in total. The van der Waals surface area contributed by atoms with Crippen LogP contribution in [0.2, 0.25) is 0 Å². The van der Waals surface area contributed by atoms with Crippen molar-refractivity contribution in [3.63, 3.8) is 0 Å². The van der Waals surface area contributed by atoms with Crippen molar-refractivity contribution in [2.75, 3.05) is 11.4 Å². The predicted molar refractivity (Wildman–Crippen MR) is 83.9 cm³/mol. The van der Waals surface area contributed by atoms with Gasteiger partial charge in [-0.3, -0.25) is 4.79 Å². The molecule has 3 amide bonds. The Balaban J connectivity index is 1.35. The lowest BCUT2D eigenvalue weighted by Gasteiger charge is -2.18. The molecule has 8 heteroatoms. The Morgan fingerprint density at radius 2 is 1.84 bits per heavy atom. The van der Waals surface area contributed by atoms with E-state index in [0.717, 1.165) is 31.4 Å². The lowest BCUT2D eigenvalue weighted by atomic mass is 10.2. The standard InChI is InChI=1S/C17H18F3N3O2/c18-17(19,20)10-1-3-11(4-2-10)23-8-5-12(14(23)24)21-15(25)22-13-9-16(13)6-7-16/h1-4,12-13H,5-9H2,(H2,21,22,25). The molecule has 0 radical (unpaired) electrons. The topological polar surface area (TPSA) is 61.4 Å². The number of carbonyl (C=O) groups excluding carboxylic acids is 2. The number of hydrogen-bond donors (Lipinski definition) is 2. The minimum Gasteiger partial charge on any atom is -0.335 e. The van der Waals surface area contributed by atoms with Gasteiger partial charge in [0.15, 0.2) is 0 Å². The van der Waals surface area contributed by atoms with Crippen LogP contribution < -0.4 is 15.5 Å². The lowest BCUT2D eigenvalue weighted by Crippen LogP contribution is -2.47. The van der Waals surface area contributed by atoms with Crippen LogP contribution in [0.1, 0.15) is 31.2 Å². The van der Waals surface area contributed by atoms with Gasteiger partial charge in [0.1, 0.15) is 6.04 Å². The Bertz CT molecular complexity index is 713. The Hall–Kier alpha value is -2.25. The minimum atomic E-state index is -4.41. The van der Waals surface area contributed by atoms with Gasteiger partial charge in [0.25, 0.3) is 0 Å². The van der Waals surface area contributed by atoms with E-state index in [1.165, 1.54) is 17.0 Å². The first-order valence-electron chi connectivity index (χ1n) is 8.34. The molecular formula is C17H18F3N3O2. The van der Waals surface area contributed by atoms with E-state index in [-0.39, 0.29) is 18.0 Å². The average Bonchev–Trinajstić information content (AvgIpc) is 3.43. The number of rotatable bonds is 3. The highest BCUT2D eigenvalue weighted by Crippen LogP contribution is 2.65. The Morgan fingerprint density at radius 1 is 1.16 bits per heavy atom. The summed E-state index contributed by atoms with van der Waals surface area (Å²) >= 11 is 0. The smallest absolute Gasteiger partial charge is 0.335 e. The molecule has 1 aromatic rings. The number of hydrogen-bond acceptors (Lipinski definition) is 2. The van der Waals surface area contributed by atoms with Gasteiger partial charge in [0.05, 0.1) is 5.56 Å². The number of carbonyl (C=O) groups is 2. The molecule has 0 bridgehead atoms. The summed E-state index contributed by atoms with van der Waals surface area (Å²) in [5, 5.41) is 5.57. The van der Waals surface area contributed by atoms with Gasteiger partial charge in [-0.1, -0.05) is 0 Å². The van der Waals surface area contributed by atoms with E-state index >= 15 is 0 Å². The summed E-state index contributed by atoms with van der Waals surface area (Å²) in [5.41, 5.74) is -0.0132. The van der Waals surface area contributed by atoms with Crippen LogP contribution in [0, 0.1) is 5.41 Å². The van der Waals surface area contributed by atoms with Crippen LogP contribution in [0.3, 0.4) is 0 Å². The van der Waals surface area contributed by atoms with E-state index in [2.05, 4.69) is 10.6 Å². The Morgan fingerprint density at radius 3 is 2.40 bits per heavy atom. The van der Waals surface area contributed by atoms with Crippen LogP contribution in [0.25, 0.3) is 0 Å².